The number of hydrogen-bond donors (Lipinski definition) is 1. The maximum Gasteiger partial charge on any atom is 0.413 e. The summed E-state index contributed by atoms with van der Waals surface area (Å²) in [4.78, 5) is 47.5. The predicted molar refractivity (Wildman–Crippen MR) is 167 cm³/mol. The molecule has 4 fully saturated rings. The molecule has 8 heteroatoms. The smallest absolute Gasteiger partial charge is 0.410 e. The molecule has 4 aliphatic carbocycles. The number of fused-ring (bicyclic) bond motifs is 1. The fourth-order valence-corrected chi connectivity index (χ4v) is 8.54. The fraction of sp³-hybridized carbons (Fsp3) is 0.400. The molecule has 3 aromatic carbocycles. The Balaban J connectivity index is 1.25. The first-order valence-electron chi connectivity index (χ1n) is 15.3. The van der Waals surface area contributed by atoms with Crippen LogP contribution in [0.4, 0.5) is 27.5 Å². The summed E-state index contributed by atoms with van der Waals surface area (Å²) < 4.78 is 5.61. The Morgan fingerprint density at radius 3 is 2.12 bits per heavy atom. The van der Waals surface area contributed by atoms with Gasteiger partial charge in [-0.05, 0) is 98.1 Å². The van der Waals surface area contributed by atoms with Crippen molar-refractivity contribution in [2.24, 2.45) is 23.2 Å². The fourth-order valence-electron chi connectivity index (χ4n) is 8.54. The number of rotatable bonds is 6. The van der Waals surface area contributed by atoms with Gasteiger partial charge in [0.05, 0.1) is 11.4 Å². The third-order valence-corrected chi connectivity index (χ3v) is 9.87. The summed E-state index contributed by atoms with van der Waals surface area (Å²) in [6, 6.07) is 22.5. The lowest BCUT2D eigenvalue weighted by molar-refractivity contribution is -0.129. The monoisotopic (exact) mass is 578 g/mol. The van der Waals surface area contributed by atoms with Crippen molar-refractivity contribution in [2.75, 3.05) is 35.3 Å². The molecular formula is C35H38N4O4. The van der Waals surface area contributed by atoms with E-state index >= 15 is 0 Å². The molecule has 4 bridgehead atoms. The van der Waals surface area contributed by atoms with E-state index in [1.165, 1.54) is 19.3 Å². The highest BCUT2D eigenvalue weighted by atomic mass is 16.6. The second kappa shape index (κ2) is 10.7. The minimum absolute atomic E-state index is 0.0279. The molecule has 0 radical (unpaired) electrons. The van der Waals surface area contributed by atoms with Crippen LogP contribution in [0.5, 0.6) is 5.75 Å². The Morgan fingerprint density at radius 2 is 1.47 bits per heavy atom. The van der Waals surface area contributed by atoms with Gasteiger partial charge in [0, 0.05) is 38.1 Å². The van der Waals surface area contributed by atoms with Crippen LogP contribution < -0.4 is 24.8 Å². The molecule has 4 saturated carbocycles. The lowest BCUT2D eigenvalue weighted by Gasteiger charge is -2.57. The quantitative estimate of drug-likeness (QED) is 0.356. The molecule has 222 valence electrons. The molecule has 3 aromatic rings. The van der Waals surface area contributed by atoms with E-state index in [4.69, 9.17) is 4.74 Å². The summed E-state index contributed by atoms with van der Waals surface area (Å²) in [6.45, 7) is 0.542. The molecule has 1 atom stereocenters. The first kappa shape index (κ1) is 27.5. The van der Waals surface area contributed by atoms with E-state index in [1.807, 2.05) is 79.7 Å². The van der Waals surface area contributed by atoms with Gasteiger partial charge in [-0.3, -0.25) is 14.5 Å². The van der Waals surface area contributed by atoms with Gasteiger partial charge in [0.1, 0.15) is 5.75 Å². The molecule has 0 saturated heterocycles. The highest BCUT2D eigenvalue weighted by Crippen LogP contribution is 2.60. The lowest BCUT2D eigenvalue weighted by Crippen LogP contribution is -2.58. The van der Waals surface area contributed by atoms with Crippen LogP contribution in [0.15, 0.2) is 78.9 Å². The van der Waals surface area contributed by atoms with Crippen molar-refractivity contribution in [3.8, 4) is 5.75 Å². The van der Waals surface area contributed by atoms with Gasteiger partial charge in [-0.2, -0.15) is 0 Å². The number of hydrogen-bond acceptors (Lipinski definition) is 5. The average molecular weight is 579 g/mol. The van der Waals surface area contributed by atoms with E-state index in [-0.39, 0.29) is 5.41 Å². The zero-order valence-electron chi connectivity index (χ0n) is 24.7. The van der Waals surface area contributed by atoms with Gasteiger partial charge in [0.2, 0.25) is 0 Å². The molecule has 1 unspecified atom stereocenters. The summed E-state index contributed by atoms with van der Waals surface area (Å²) in [5.74, 6) is 1.53. The molecule has 3 amide bonds. The minimum Gasteiger partial charge on any atom is -0.410 e. The summed E-state index contributed by atoms with van der Waals surface area (Å²) in [5, 5.41) is 2.67. The first-order chi connectivity index (χ1) is 20.8. The molecule has 43 heavy (non-hydrogen) atoms. The summed E-state index contributed by atoms with van der Waals surface area (Å²) >= 11 is 0. The predicted octanol–water partition coefficient (Wildman–Crippen LogP) is 6.14. The van der Waals surface area contributed by atoms with Crippen molar-refractivity contribution in [3.05, 3.63) is 78.9 Å². The van der Waals surface area contributed by atoms with Crippen LogP contribution in [0.2, 0.25) is 0 Å². The van der Waals surface area contributed by atoms with Crippen LogP contribution in [-0.2, 0) is 9.59 Å². The van der Waals surface area contributed by atoms with Gasteiger partial charge in [-0.15, -0.1) is 0 Å². The normalized spacial score (nSPS) is 27.5. The molecular weight excluding hydrogens is 540 g/mol. The number of nitrogens with one attached hydrogen (secondary N) is 1. The maximum atomic E-state index is 14.6. The number of amides is 3. The molecule has 8 rings (SSSR count). The highest BCUT2D eigenvalue weighted by Gasteiger charge is 2.53. The Morgan fingerprint density at radius 1 is 0.837 bits per heavy atom. The average Bonchev–Trinajstić information content (AvgIpc) is 3.06. The number of anilines is 4. The Labute approximate surface area is 252 Å². The van der Waals surface area contributed by atoms with E-state index in [2.05, 4.69) is 5.32 Å². The van der Waals surface area contributed by atoms with Crippen LogP contribution in [-0.4, -0.2) is 44.6 Å². The number of carbonyl (C=O) groups is 3. The first-order valence-corrected chi connectivity index (χ1v) is 15.3. The van der Waals surface area contributed by atoms with Crippen molar-refractivity contribution in [1.82, 2.24) is 5.32 Å². The van der Waals surface area contributed by atoms with Gasteiger partial charge < -0.3 is 19.9 Å². The Hall–Kier alpha value is -4.33. The van der Waals surface area contributed by atoms with E-state index in [9.17, 15) is 14.4 Å². The summed E-state index contributed by atoms with van der Waals surface area (Å²) in [6.07, 6.45) is 6.40. The van der Waals surface area contributed by atoms with Crippen LogP contribution >= 0.6 is 0 Å². The lowest BCUT2D eigenvalue weighted by atomic mass is 9.49. The molecule has 5 aliphatic rings. The SMILES string of the molecule is CN(C)c1cccc(OC(=O)NC2C(=O)N(CC34CC5CC(CC(C5)C3)C4)c3ccccc3N(c3ccccc3)C2=O)c1. The van der Waals surface area contributed by atoms with E-state index in [0.29, 0.717) is 47.1 Å². The van der Waals surface area contributed by atoms with Crippen molar-refractivity contribution in [1.29, 1.82) is 0 Å². The van der Waals surface area contributed by atoms with E-state index < -0.39 is 23.9 Å². The largest absolute Gasteiger partial charge is 0.413 e. The molecule has 0 spiro atoms. The molecule has 1 heterocycles. The second-order valence-electron chi connectivity index (χ2n) is 13.2. The van der Waals surface area contributed by atoms with E-state index in [1.54, 1.807) is 28.0 Å². The van der Waals surface area contributed by atoms with Gasteiger partial charge in [0.15, 0.2) is 6.04 Å². The number of nitrogens with zero attached hydrogens (tertiary/aromatic N) is 3. The third-order valence-electron chi connectivity index (χ3n) is 9.87. The summed E-state index contributed by atoms with van der Waals surface area (Å²) in [5.41, 5.74) is 2.84. The van der Waals surface area contributed by atoms with Gasteiger partial charge in [-0.25, -0.2) is 4.79 Å². The van der Waals surface area contributed by atoms with Crippen LogP contribution in [0.3, 0.4) is 0 Å². The zero-order valence-corrected chi connectivity index (χ0v) is 24.7. The number of ether oxygens (including phenoxy) is 1. The minimum atomic E-state index is -1.45. The van der Waals surface area contributed by atoms with Crippen LogP contribution in [0.25, 0.3) is 0 Å². The standard InChI is InChI=1S/C35H38N4O4/c1-37(2)27-11-8-12-28(18-27)43-34(42)36-31-32(40)38(22-35-19-23-15-24(20-35)17-25(16-23)21-35)29-13-6-7-14-30(29)39(33(31)41)26-9-4-3-5-10-26/h3-14,18,23-25,31H,15-17,19-22H2,1-2H3,(H,36,42). The van der Waals surface area contributed by atoms with Crippen LogP contribution in [0, 0.1) is 23.2 Å². The maximum absolute atomic E-state index is 14.6. The van der Waals surface area contributed by atoms with Crippen molar-refractivity contribution in [3.63, 3.8) is 0 Å². The Bertz CT molecular complexity index is 1520. The molecule has 1 aliphatic heterocycles. The number of para-hydroxylation sites is 3. The van der Waals surface area contributed by atoms with Gasteiger partial charge >= 0.3 is 6.09 Å². The molecule has 1 N–H and O–H groups in total. The van der Waals surface area contributed by atoms with Crippen LogP contribution in [0.1, 0.15) is 38.5 Å². The van der Waals surface area contributed by atoms with Crippen molar-refractivity contribution < 1.29 is 19.1 Å². The highest BCUT2D eigenvalue weighted by molar-refractivity contribution is 6.23. The number of carbonyl (C=O) groups excluding carboxylic acids is 3. The second-order valence-corrected chi connectivity index (χ2v) is 13.2. The third kappa shape index (κ3) is 5.13. The van der Waals surface area contributed by atoms with Crippen molar-refractivity contribution in [2.45, 2.75) is 44.6 Å². The summed E-state index contributed by atoms with van der Waals surface area (Å²) in [7, 11) is 3.80. The Kier molecular flexibility index (Phi) is 6.87. The van der Waals surface area contributed by atoms with Gasteiger partial charge in [0.25, 0.3) is 11.8 Å². The van der Waals surface area contributed by atoms with E-state index in [0.717, 1.165) is 24.9 Å². The molecule has 0 aromatic heterocycles. The zero-order chi connectivity index (χ0) is 29.7. The van der Waals surface area contributed by atoms with Crippen molar-refractivity contribution >= 4 is 40.7 Å². The molecule has 8 nitrogen and oxygen atoms in total. The number of benzene rings is 3. The topological polar surface area (TPSA) is 82.2 Å². The van der Waals surface area contributed by atoms with Gasteiger partial charge in [-0.1, -0.05) is 36.4 Å².